The Morgan fingerprint density at radius 3 is 1.94 bits per heavy atom. The van der Waals surface area contributed by atoms with E-state index in [0.29, 0.717) is 6.54 Å². The molecule has 0 aromatic rings. The molecule has 2 rings (SSSR count). The Kier molecular flexibility index (Phi) is 5.56. The van der Waals surface area contributed by atoms with Crippen LogP contribution in [0.15, 0.2) is 0 Å². The van der Waals surface area contributed by atoms with Crippen molar-refractivity contribution < 1.29 is 9.53 Å². The standard InChI is InChI=1S/C13H25N3O2/c1-13(17)12-16-6-4-14(5-7-16)2-3-15-8-10-18-11-9-15/h2-12H2,1H3. The number of carbonyl (C=O) groups excluding carboxylic acids is 1. The van der Waals surface area contributed by atoms with Crippen molar-refractivity contribution in [2.75, 3.05) is 72.1 Å². The number of rotatable bonds is 5. The van der Waals surface area contributed by atoms with E-state index in [1.807, 2.05) is 0 Å². The van der Waals surface area contributed by atoms with Crippen molar-refractivity contribution in [2.24, 2.45) is 0 Å². The van der Waals surface area contributed by atoms with Crippen LogP contribution in [0.3, 0.4) is 0 Å². The number of hydrogen-bond acceptors (Lipinski definition) is 5. The summed E-state index contributed by atoms with van der Waals surface area (Å²) in [6, 6.07) is 0. The highest BCUT2D eigenvalue weighted by atomic mass is 16.5. The molecule has 5 heteroatoms. The zero-order valence-electron chi connectivity index (χ0n) is 11.4. The minimum Gasteiger partial charge on any atom is -0.379 e. The molecule has 104 valence electrons. The van der Waals surface area contributed by atoms with Gasteiger partial charge >= 0.3 is 0 Å². The Labute approximate surface area is 110 Å². The SMILES string of the molecule is CC(=O)CN1CCN(CCN2CCOCC2)CC1. The lowest BCUT2D eigenvalue weighted by Crippen LogP contribution is -2.50. The summed E-state index contributed by atoms with van der Waals surface area (Å²) >= 11 is 0. The summed E-state index contributed by atoms with van der Waals surface area (Å²) in [5, 5.41) is 0. The van der Waals surface area contributed by atoms with Crippen molar-refractivity contribution in [3.05, 3.63) is 0 Å². The lowest BCUT2D eigenvalue weighted by molar-refractivity contribution is -0.118. The number of hydrogen-bond donors (Lipinski definition) is 0. The predicted octanol–water partition coefficient (Wildman–Crippen LogP) is -0.475. The molecule has 0 radical (unpaired) electrons. The Bertz CT molecular complexity index is 259. The second-order valence-corrected chi connectivity index (χ2v) is 5.27. The van der Waals surface area contributed by atoms with Crippen molar-refractivity contribution in [3.63, 3.8) is 0 Å². The second-order valence-electron chi connectivity index (χ2n) is 5.27. The van der Waals surface area contributed by atoms with Crippen LogP contribution in [0.25, 0.3) is 0 Å². The first-order valence-corrected chi connectivity index (χ1v) is 6.98. The molecule has 2 aliphatic rings. The maximum absolute atomic E-state index is 11.1. The fourth-order valence-corrected chi connectivity index (χ4v) is 2.59. The first kappa shape index (κ1) is 13.9. The molecular formula is C13H25N3O2. The normalized spacial score (nSPS) is 24.3. The monoisotopic (exact) mass is 255 g/mol. The molecule has 0 saturated carbocycles. The first-order valence-electron chi connectivity index (χ1n) is 6.98. The fraction of sp³-hybridized carbons (Fsp3) is 0.923. The summed E-state index contributed by atoms with van der Waals surface area (Å²) in [6.45, 7) is 12.8. The minimum absolute atomic E-state index is 0.275. The molecule has 0 atom stereocenters. The number of nitrogens with zero attached hydrogens (tertiary/aromatic N) is 3. The predicted molar refractivity (Wildman–Crippen MR) is 70.8 cm³/mol. The van der Waals surface area contributed by atoms with Gasteiger partial charge in [0, 0.05) is 52.4 Å². The van der Waals surface area contributed by atoms with Gasteiger partial charge in [0.1, 0.15) is 5.78 Å². The Morgan fingerprint density at radius 2 is 1.39 bits per heavy atom. The molecule has 2 aliphatic heterocycles. The molecule has 2 heterocycles. The zero-order chi connectivity index (χ0) is 12.8. The van der Waals surface area contributed by atoms with Gasteiger partial charge in [-0.1, -0.05) is 0 Å². The van der Waals surface area contributed by atoms with Gasteiger partial charge in [0.05, 0.1) is 19.8 Å². The molecule has 2 saturated heterocycles. The summed E-state index contributed by atoms with van der Waals surface area (Å²) in [5.74, 6) is 0.275. The van der Waals surface area contributed by atoms with Gasteiger partial charge < -0.3 is 4.74 Å². The molecule has 0 aromatic carbocycles. The molecule has 0 N–H and O–H groups in total. The van der Waals surface area contributed by atoms with E-state index in [1.165, 1.54) is 0 Å². The highest BCUT2D eigenvalue weighted by molar-refractivity contribution is 5.77. The van der Waals surface area contributed by atoms with Crippen molar-refractivity contribution in [3.8, 4) is 0 Å². The van der Waals surface area contributed by atoms with Gasteiger partial charge in [0.25, 0.3) is 0 Å². The van der Waals surface area contributed by atoms with E-state index in [0.717, 1.165) is 65.6 Å². The highest BCUT2D eigenvalue weighted by Crippen LogP contribution is 2.03. The van der Waals surface area contributed by atoms with E-state index in [9.17, 15) is 4.79 Å². The molecule has 18 heavy (non-hydrogen) atoms. The fourth-order valence-electron chi connectivity index (χ4n) is 2.59. The average molecular weight is 255 g/mol. The van der Waals surface area contributed by atoms with Crippen LogP contribution in [0.2, 0.25) is 0 Å². The number of piperazine rings is 1. The van der Waals surface area contributed by atoms with E-state index in [1.54, 1.807) is 6.92 Å². The zero-order valence-corrected chi connectivity index (χ0v) is 11.4. The van der Waals surface area contributed by atoms with Gasteiger partial charge in [0.15, 0.2) is 0 Å². The summed E-state index contributed by atoms with van der Waals surface area (Å²) < 4.78 is 5.35. The van der Waals surface area contributed by atoms with Crippen LogP contribution < -0.4 is 0 Å². The summed E-state index contributed by atoms with van der Waals surface area (Å²) in [4.78, 5) is 18.3. The largest absolute Gasteiger partial charge is 0.379 e. The van der Waals surface area contributed by atoms with Crippen LogP contribution in [0, 0.1) is 0 Å². The van der Waals surface area contributed by atoms with Gasteiger partial charge in [-0.25, -0.2) is 0 Å². The first-order chi connectivity index (χ1) is 8.74. The molecule has 0 aromatic heterocycles. The van der Waals surface area contributed by atoms with Crippen LogP contribution in [0.5, 0.6) is 0 Å². The van der Waals surface area contributed by atoms with Crippen LogP contribution in [-0.2, 0) is 9.53 Å². The van der Waals surface area contributed by atoms with Crippen molar-refractivity contribution in [1.29, 1.82) is 0 Å². The Balaban J connectivity index is 1.59. The third-order valence-electron chi connectivity index (χ3n) is 3.75. The Morgan fingerprint density at radius 1 is 0.889 bits per heavy atom. The minimum atomic E-state index is 0.275. The van der Waals surface area contributed by atoms with E-state index in [2.05, 4.69) is 14.7 Å². The maximum atomic E-state index is 11.1. The molecule has 0 bridgehead atoms. The molecular weight excluding hydrogens is 230 g/mol. The summed E-state index contributed by atoms with van der Waals surface area (Å²) in [7, 11) is 0. The van der Waals surface area contributed by atoms with E-state index in [4.69, 9.17) is 4.74 Å². The van der Waals surface area contributed by atoms with Gasteiger partial charge in [-0.15, -0.1) is 0 Å². The maximum Gasteiger partial charge on any atom is 0.143 e. The Hall–Kier alpha value is -0.490. The van der Waals surface area contributed by atoms with E-state index >= 15 is 0 Å². The summed E-state index contributed by atoms with van der Waals surface area (Å²) in [5.41, 5.74) is 0. The van der Waals surface area contributed by atoms with Gasteiger partial charge in [-0.3, -0.25) is 19.5 Å². The third kappa shape index (κ3) is 4.65. The summed E-state index contributed by atoms with van der Waals surface area (Å²) in [6.07, 6.45) is 0. The number of ether oxygens (including phenoxy) is 1. The number of Topliss-reactive ketones (excluding diaryl/α,β-unsaturated/α-hetero) is 1. The van der Waals surface area contributed by atoms with Gasteiger partial charge in [-0.05, 0) is 6.92 Å². The second kappa shape index (κ2) is 7.19. The molecule has 0 unspecified atom stereocenters. The highest BCUT2D eigenvalue weighted by Gasteiger charge is 2.18. The van der Waals surface area contributed by atoms with Gasteiger partial charge in [0.2, 0.25) is 0 Å². The lowest BCUT2D eigenvalue weighted by atomic mass is 10.3. The van der Waals surface area contributed by atoms with Crippen LogP contribution in [-0.4, -0.2) is 92.6 Å². The third-order valence-corrected chi connectivity index (χ3v) is 3.75. The number of carbonyl (C=O) groups is 1. The topological polar surface area (TPSA) is 36.0 Å². The van der Waals surface area contributed by atoms with E-state index in [-0.39, 0.29) is 5.78 Å². The molecule has 0 aliphatic carbocycles. The molecule has 5 nitrogen and oxygen atoms in total. The molecule has 2 fully saturated rings. The van der Waals surface area contributed by atoms with Crippen molar-refractivity contribution in [2.45, 2.75) is 6.92 Å². The average Bonchev–Trinajstić information content (AvgIpc) is 2.38. The van der Waals surface area contributed by atoms with E-state index < -0.39 is 0 Å². The lowest BCUT2D eigenvalue weighted by Gasteiger charge is -2.36. The van der Waals surface area contributed by atoms with Crippen LogP contribution >= 0.6 is 0 Å². The molecule has 0 spiro atoms. The van der Waals surface area contributed by atoms with Crippen molar-refractivity contribution >= 4 is 5.78 Å². The van der Waals surface area contributed by atoms with Crippen LogP contribution in [0.4, 0.5) is 0 Å². The smallest absolute Gasteiger partial charge is 0.143 e. The quantitative estimate of drug-likeness (QED) is 0.663. The molecule has 0 amide bonds. The van der Waals surface area contributed by atoms with Crippen molar-refractivity contribution in [1.82, 2.24) is 14.7 Å². The number of ketones is 1. The van der Waals surface area contributed by atoms with Gasteiger partial charge in [-0.2, -0.15) is 0 Å². The van der Waals surface area contributed by atoms with Crippen LogP contribution in [0.1, 0.15) is 6.92 Å². The number of morpholine rings is 1.